The standard InChI is InChI=1S/C22H20F2N2O3/c23-16-6-3-5-15(11-16)12-17-13-25-22(29-17)19-8-4-10-26(19)21(27)14-28-20-9-2-1-7-18(20)24/h1-3,5-7,9,11,13,19H,4,8,10,12,14H2/t19-/m0/s1. The molecule has 1 saturated heterocycles. The summed E-state index contributed by atoms with van der Waals surface area (Å²) in [6, 6.07) is 12.0. The Balaban J connectivity index is 1.41. The zero-order valence-electron chi connectivity index (χ0n) is 15.7. The molecule has 0 radical (unpaired) electrons. The molecule has 1 aromatic heterocycles. The Kier molecular flexibility index (Phi) is 5.55. The van der Waals surface area contributed by atoms with Crippen LogP contribution in [0, 0.1) is 11.6 Å². The van der Waals surface area contributed by atoms with Crippen molar-refractivity contribution in [1.82, 2.24) is 9.88 Å². The molecule has 29 heavy (non-hydrogen) atoms. The van der Waals surface area contributed by atoms with Crippen molar-refractivity contribution in [1.29, 1.82) is 0 Å². The third-order valence-corrected chi connectivity index (χ3v) is 4.88. The summed E-state index contributed by atoms with van der Waals surface area (Å²) < 4.78 is 38.2. The van der Waals surface area contributed by atoms with Gasteiger partial charge in [-0.15, -0.1) is 0 Å². The van der Waals surface area contributed by atoms with E-state index in [1.807, 2.05) is 6.07 Å². The minimum absolute atomic E-state index is 0.0464. The number of aromatic nitrogens is 1. The Bertz CT molecular complexity index is 1000. The van der Waals surface area contributed by atoms with Gasteiger partial charge >= 0.3 is 0 Å². The highest BCUT2D eigenvalue weighted by Gasteiger charge is 2.33. The number of halogens is 2. The van der Waals surface area contributed by atoms with Gasteiger partial charge in [0, 0.05) is 13.0 Å². The minimum Gasteiger partial charge on any atom is -0.481 e. The van der Waals surface area contributed by atoms with E-state index in [4.69, 9.17) is 9.15 Å². The first-order chi connectivity index (χ1) is 14.1. The van der Waals surface area contributed by atoms with Gasteiger partial charge in [0.15, 0.2) is 18.2 Å². The molecule has 2 heterocycles. The van der Waals surface area contributed by atoms with Crippen LogP contribution in [0.5, 0.6) is 5.75 Å². The molecule has 0 saturated carbocycles. The van der Waals surface area contributed by atoms with Crippen LogP contribution in [0.2, 0.25) is 0 Å². The number of amides is 1. The van der Waals surface area contributed by atoms with Gasteiger partial charge in [0.1, 0.15) is 17.6 Å². The molecule has 5 nitrogen and oxygen atoms in total. The van der Waals surface area contributed by atoms with Crippen LogP contribution in [0.15, 0.2) is 59.1 Å². The number of para-hydroxylation sites is 1. The topological polar surface area (TPSA) is 55.6 Å². The fourth-order valence-corrected chi connectivity index (χ4v) is 3.51. The van der Waals surface area contributed by atoms with Crippen molar-refractivity contribution in [2.75, 3.05) is 13.2 Å². The van der Waals surface area contributed by atoms with Gasteiger partial charge in [0.2, 0.25) is 5.89 Å². The van der Waals surface area contributed by atoms with Gasteiger partial charge in [-0.1, -0.05) is 24.3 Å². The van der Waals surface area contributed by atoms with Gasteiger partial charge in [-0.25, -0.2) is 13.8 Å². The largest absolute Gasteiger partial charge is 0.481 e. The summed E-state index contributed by atoms with van der Waals surface area (Å²) in [7, 11) is 0. The van der Waals surface area contributed by atoms with Crippen LogP contribution in [0.3, 0.4) is 0 Å². The van der Waals surface area contributed by atoms with Crippen molar-refractivity contribution in [3.05, 3.63) is 83.6 Å². The van der Waals surface area contributed by atoms with Crippen molar-refractivity contribution in [2.24, 2.45) is 0 Å². The molecule has 1 aliphatic heterocycles. The first-order valence-corrected chi connectivity index (χ1v) is 9.46. The molecule has 150 valence electrons. The highest BCUT2D eigenvalue weighted by atomic mass is 19.1. The quantitative estimate of drug-likeness (QED) is 0.622. The van der Waals surface area contributed by atoms with Gasteiger partial charge in [0.05, 0.1) is 6.20 Å². The van der Waals surface area contributed by atoms with E-state index in [1.165, 1.54) is 24.3 Å². The molecule has 0 spiro atoms. The lowest BCUT2D eigenvalue weighted by Gasteiger charge is -2.22. The van der Waals surface area contributed by atoms with E-state index in [9.17, 15) is 13.6 Å². The summed E-state index contributed by atoms with van der Waals surface area (Å²) in [4.78, 5) is 18.6. The molecular formula is C22H20F2N2O3. The van der Waals surface area contributed by atoms with Gasteiger partial charge in [-0.05, 0) is 42.7 Å². The second kappa shape index (κ2) is 8.43. The van der Waals surface area contributed by atoms with E-state index >= 15 is 0 Å². The van der Waals surface area contributed by atoms with Gasteiger partial charge in [0.25, 0.3) is 5.91 Å². The predicted octanol–water partition coefficient (Wildman–Crippen LogP) is 4.29. The third-order valence-electron chi connectivity index (χ3n) is 4.88. The number of hydrogen-bond donors (Lipinski definition) is 0. The number of likely N-dealkylation sites (tertiary alicyclic amines) is 1. The van der Waals surface area contributed by atoms with E-state index in [1.54, 1.807) is 29.3 Å². The summed E-state index contributed by atoms with van der Waals surface area (Å²) in [5.41, 5.74) is 0.783. The molecule has 2 aromatic carbocycles. The van der Waals surface area contributed by atoms with Crippen LogP contribution in [-0.4, -0.2) is 28.9 Å². The lowest BCUT2D eigenvalue weighted by Crippen LogP contribution is -2.34. The Morgan fingerprint density at radius 1 is 1.21 bits per heavy atom. The fraction of sp³-hybridized carbons (Fsp3) is 0.273. The van der Waals surface area contributed by atoms with Gasteiger partial charge in [-0.2, -0.15) is 0 Å². The summed E-state index contributed by atoms with van der Waals surface area (Å²) >= 11 is 0. The van der Waals surface area contributed by atoms with Crippen molar-refractivity contribution in [3.63, 3.8) is 0 Å². The number of hydrogen-bond acceptors (Lipinski definition) is 4. The van der Waals surface area contributed by atoms with Crippen molar-refractivity contribution in [3.8, 4) is 5.75 Å². The van der Waals surface area contributed by atoms with E-state index in [2.05, 4.69) is 4.98 Å². The highest BCUT2D eigenvalue weighted by molar-refractivity contribution is 5.78. The molecule has 1 atom stereocenters. The molecule has 0 N–H and O–H groups in total. The molecule has 0 bridgehead atoms. The third kappa shape index (κ3) is 4.45. The molecule has 3 aromatic rings. The van der Waals surface area contributed by atoms with Crippen LogP contribution in [0.1, 0.15) is 36.1 Å². The predicted molar refractivity (Wildman–Crippen MR) is 101 cm³/mol. The van der Waals surface area contributed by atoms with Crippen LogP contribution in [-0.2, 0) is 11.2 Å². The second-order valence-electron chi connectivity index (χ2n) is 6.94. The van der Waals surface area contributed by atoms with Gasteiger partial charge < -0.3 is 14.1 Å². The highest BCUT2D eigenvalue weighted by Crippen LogP contribution is 2.32. The maximum absolute atomic E-state index is 13.7. The van der Waals surface area contributed by atoms with Crippen molar-refractivity contribution in [2.45, 2.75) is 25.3 Å². The fourth-order valence-electron chi connectivity index (χ4n) is 3.51. The number of carbonyl (C=O) groups is 1. The Labute approximate surface area is 166 Å². The first-order valence-electron chi connectivity index (χ1n) is 9.46. The molecular weight excluding hydrogens is 378 g/mol. The van der Waals surface area contributed by atoms with Crippen LogP contribution in [0.25, 0.3) is 0 Å². The maximum Gasteiger partial charge on any atom is 0.261 e. The molecule has 1 aliphatic rings. The van der Waals surface area contributed by atoms with Gasteiger partial charge in [-0.3, -0.25) is 4.79 Å². The summed E-state index contributed by atoms with van der Waals surface area (Å²) in [6.07, 6.45) is 3.57. The van der Waals surface area contributed by atoms with E-state index in [-0.39, 0.29) is 30.1 Å². The second-order valence-corrected chi connectivity index (χ2v) is 6.94. The smallest absolute Gasteiger partial charge is 0.261 e. The number of carbonyl (C=O) groups excluding carboxylic acids is 1. The molecule has 1 fully saturated rings. The van der Waals surface area contributed by atoms with E-state index in [0.717, 1.165) is 18.4 Å². The summed E-state index contributed by atoms with van der Waals surface area (Å²) in [6.45, 7) is 0.306. The Hall–Kier alpha value is -3.22. The summed E-state index contributed by atoms with van der Waals surface area (Å²) in [5.74, 6) is 0.0454. The lowest BCUT2D eigenvalue weighted by molar-refractivity contribution is -0.134. The van der Waals surface area contributed by atoms with E-state index in [0.29, 0.717) is 24.6 Å². The Morgan fingerprint density at radius 2 is 2.07 bits per heavy atom. The average Bonchev–Trinajstić information content (AvgIpc) is 3.36. The van der Waals surface area contributed by atoms with Crippen molar-refractivity contribution < 1.29 is 22.7 Å². The lowest BCUT2D eigenvalue weighted by atomic mass is 10.1. The normalized spacial score (nSPS) is 16.2. The molecule has 7 heteroatoms. The zero-order valence-corrected chi connectivity index (χ0v) is 15.7. The zero-order chi connectivity index (χ0) is 20.2. The average molecular weight is 398 g/mol. The minimum atomic E-state index is -0.507. The maximum atomic E-state index is 13.7. The Morgan fingerprint density at radius 3 is 2.90 bits per heavy atom. The number of benzene rings is 2. The molecule has 0 unspecified atom stereocenters. The van der Waals surface area contributed by atoms with Crippen LogP contribution >= 0.6 is 0 Å². The number of rotatable bonds is 6. The molecule has 4 rings (SSSR count). The number of ether oxygens (including phenoxy) is 1. The molecule has 1 amide bonds. The number of oxazole rings is 1. The SMILES string of the molecule is O=C(COc1ccccc1F)N1CCC[C@H]1c1ncc(Cc2cccc(F)c2)o1. The van der Waals surface area contributed by atoms with Crippen LogP contribution in [0.4, 0.5) is 8.78 Å². The number of nitrogens with zero attached hydrogens (tertiary/aromatic N) is 2. The summed E-state index contributed by atoms with van der Waals surface area (Å²) in [5, 5.41) is 0. The van der Waals surface area contributed by atoms with Crippen LogP contribution < -0.4 is 4.74 Å². The first kappa shape index (κ1) is 19.1. The van der Waals surface area contributed by atoms with Crippen molar-refractivity contribution >= 4 is 5.91 Å². The molecule has 0 aliphatic carbocycles. The monoisotopic (exact) mass is 398 g/mol. The van der Waals surface area contributed by atoms with E-state index < -0.39 is 5.82 Å².